The summed E-state index contributed by atoms with van der Waals surface area (Å²) in [5.74, 6) is 2.51. The van der Waals surface area contributed by atoms with Crippen LogP contribution in [0.25, 0.3) is 0 Å². The second-order valence-electron chi connectivity index (χ2n) is 3.52. The third-order valence-electron chi connectivity index (χ3n) is 2.60. The van der Waals surface area contributed by atoms with Crippen LogP contribution < -0.4 is 0 Å². The van der Waals surface area contributed by atoms with Crippen molar-refractivity contribution in [3.8, 4) is 0 Å². The molecule has 0 radical (unpaired) electrons. The first-order valence-corrected chi connectivity index (χ1v) is 4.40. The van der Waals surface area contributed by atoms with Gasteiger partial charge < -0.3 is 0 Å². The van der Waals surface area contributed by atoms with E-state index < -0.39 is 0 Å². The van der Waals surface area contributed by atoms with Gasteiger partial charge in [-0.1, -0.05) is 19.9 Å². The van der Waals surface area contributed by atoms with Crippen molar-refractivity contribution < 1.29 is 0 Å². The molecule has 0 aromatic heterocycles. The highest BCUT2D eigenvalue weighted by Crippen LogP contribution is 2.40. The SMILES string of the molecule is C/C=N\C=C/C1C(C)CC1C. The van der Waals surface area contributed by atoms with Crippen molar-refractivity contribution in [3.05, 3.63) is 12.3 Å². The van der Waals surface area contributed by atoms with Gasteiger partial charge in [-0.15, -0.1) is 0 Å². The minimum Gasteiger partial charge on any atom is -0.270 e. The maximum atomic E-state index is 4.06. The van der Waals surface area contributed by atoms with Gasteiger partial charge in [-0.3, -0.25) is 4.99 Å². The van der Waals surface area contributed by atoms with Crippen LogP contribution in [0.4, 0.5) is 0 Å². The third kappa shape index (κ3) is 1.92. The lowest BCUT2D eigenvalue weighted by Crippen LogP contribution is -2.30. The van der Waals surface area contributed by atoms with Gasteiger partial charge in [0.2, 0.25) is 0 Å². The average molecular weight is 151 g/mol. The Hall–Kier alpha value is -0.590. The summed E-state index contributed by atoms with van der Waals surface area (Å²) in [7, 11) is 0. The summed E-state index contributed by atoms with van der Waals surface area (Å²) in [6.07, 6.45) is 7.37. The quantitative estimate of drug-likeness (QED) is 0.538. The van der Waals surface area contributed by atoms with E-state index in [9.17, 15) is 0 Å². The van der Waals surface area contributed by atoms with Crippen molar-refractivity contribution in [2.24, 2.45) is 22.7 Å². The van der Waals surface area contributed by atoms with Crippen molar-refractivity contribution >= 4 is 6.21 Å². The second kappa shape index (κ2) is 3.70. The first-order valence-electron chi connectivity index (χ1n) is 4.40. The van der Waals surface area contributed by atoms with Crippen LogP contribution in [0.1, 0.15) is 27.2 Å². The van der Waals surface area contributed by atoms with Gasteiger partial charge in [0.1, 0.15) is 0 Å². The molecule has 0 saturated heterocycles. The molecule has 1 saturated carbocycles. The van der Waals surface area contributed by atoms with E-state index in [4.69, 9.17) is 0 Å². The summed E-state index contributed by atoms with van der Waals surface area (Å²) in [6, 6.07) is 0. The van der Waals surface area contributed by atoms with E-state index in [0.29, 0.717) is 0 Å². The first kappa shape index (κ1) is 8.51. The zero-order valence-electron chi connectivity index (χ0n) is 7.62. The number of hydrogen-bond acceptors (Lipinski definition) is 1. The molecule has 11 heavy (non-hydrogen) atoms. The molecule has 1 heteroatoms. The molecular weight excluding hydrogens is 134 g/mol. The molecular formula is C10H17N. The van der Waals surface area contributed by atoms with E-state index in [1.54, 1.807) is 0 Å². The largest absolute Gasteiger partial charge is 0.270 e. The van der Waals surface area contributed by atoms with E-state index in [0.717, 1.165) is 17.8 Å². The number of aliphatic imine (C=N–C) groups is 1. The standard InChI is InChI=1S/C10H17N/c1-4-11-6-5-10-8(2)7-9(10)3/h4-6,8-10H,7H2,1-3H3/b6-5-,11-4-. The topological polar surface area (TPSA) is 12.4 Å². The fourth-order valence-corrected chi connectivity index (χ4v) is 1.88. The smallest absolute Gasteiger partial charge is 0.0226 e. The van der Waals surface area contributed by atoms with Gasteiger partial charge >= 0.3 is 0 Å². The Kier molecular flexibility index (Phi) is 2.86. The molecule has 2 atom stereocenters. The summed E-state index contributed by atoms with van der Waals surface area (Å²) < 4.78 is 0. The molecule has 0 aromatic rings. The molecule has 1 aliphatic rings. The lowest BCUT2D eigenvalue weighted by atomic mass is 9.67. The van der Waals surface area contributed by atoms with Crippen LogP contribution in [0.2, 0.25) is 0 Å². The van der Waals surface area contributed by atoms with Gasteiger partial charge in [-0.25, -0.2) is 0 Å². The van der Waals surface area contributed by atoms with Gasteiger partial charge in [-0.2, -0.15) is 0 Å². The average Bonchev–Trinajstić information content (AvgIpc) is 1.98. The third-order valence-corrected chi connectivity index (χ3v) is 2.60. The number of nitrogens with zero attached hydrogens (tertiary/aromatic N) is 1. The van der Waals surface area contributed by atoms with E-state index in [2.05, 4.69) is 24.9 Å². The van der Waals surface area contributed by atoms with Crippen LogP contribution in [-0.4, -0.2) is 6.21 Å². The van der Waals surface area contributed by atoms with Gasteiger partial charge in [0.25, 0.3) is 0 Å². The Labute approximate surface area is 69.2 Å². The first-order chi connectivity index (χ1) is 5.25. The molecule has 0 heterocycles. The normalized spacial score (nSPS) is 38.3. The van der Waals surface area contributed by atoms with Crippen molar-refractivity contribution in [1.29, 1.82) is 0 Å². The van der Waals surface area contributed by atoms with Crippen molar-refractivity contribution in [2.75, 3.05) is 0 Å². The summed E-state index contributed by atoms with van der Waals surface area (Å²) in [5.41, 5.74) is 0. The molecule has 1 fully saturated rings. The van der Waals surface area contributed by atoms with Crippen LogP contribution in [0, 0.1) is 17.8 Å². The van der Waals surface area contributed by atoms with E-state index in [-0.39, 0.29) is 0 Å². The number of allylic oxidation sites excluding steroid dienone is 1. The molecule has 0 aliphatic heterocycles. The number of rotatable bonds is 2. The van der Waals surface area contributed by atoms with Crippen LogP contribution in [0.5, 0.6) is 0 Å². The Morgan fingerprint density at radius 1 is 1.27 bits per heavy atom. The fourth-order valence-electron chi connectivity index (χ4n) is 1.88. The Morgan fingerprint density at radius 2 is 1.91 bits per heavy atom. The van der Waals surface area contributed by atoms with Crippen molar-refractivity contribution in [3.63, 3.8) is 0 Å². The Balaban J connectivity index is 2.36. The van der Waals surface area contributed by atoms with Gasteiger partial charge in [-0.05, 0) is 31.1 Å². The molecule has 0 bridgehead atoms. The lowest BCUT2D eigenvalue weighted by Gasteiger charge is -2.38. The zero-order valence-corrected chi connectivity index (χ0v) is 7.62. The van der Waals surface area contributed by atoms with E-state index in [1.807, 2.05) is 19.3 Å². The highest BCUT2D eigenvalue weighted by molar-refractivity contribution is 5.54. The zero-order chi connectivity index (χ0) is 8.27. The van der Waals surface area contributed by atoms with E-state index >= 15 is 0 Å². The van der Waals surface area contributed by atoms with Crippen LogP contribution in [0.15, 0.2) is 17.3 Å². The van der Waals surface area contributed by atoms with E-state index in [1.165, 1.54) is 6.42 Å². The van der Waals surface area contributed by atoms with Crippen molar-refractivity contribution in [2.45, 2.75) is 27.2 Å². The van der Waals surface area contributed by atoms with Crippen molar-refractivity contribution in [1.82, 2.24) is 0 Å². The second-order valence-corrected chi connectivity index (χ2v) is 3.52. The monoisotopic (exact) mass is 151 g/mol. The Morgan fingerprint density at radius 3 is 2.36 bits per heavy atom. The summed E-state index contributed by atoms with van der Waals surface area (Å²) in [5, 5.41) is 0. The molecule has 0 spiro atoms. The van der Waals surface area contributed by atoms with Gasteiger partial charge in [0.05, 0.1) is 0 Å². The minimum absolute atomic E-state index is 0.777. The predicted octanol–water partition coefficient (Wildman–Crippen LogP) is 2.88. The summed E-state index contributed by atoms with van der Waals surface area (Å²) >= 11 is 0. The maximum Gasteiger partial charge on any atom is 0.0226 e. The summed E-state index contributed by atoms with van der Waals surface area (Å²) in [4.78, 5) is 4.06. The summed E-state index contributed by atoms with van der Waals surface area (Å²) in [6.45, 7) is 6.56. The minimum atomic E-state index is 0.777. The molecule has 2 unspecified atom stereocenters. The molecule has 62 valence electrons. The van der Waals surface area contributed by atoms with Crippen LogP contribution >= 0.6 is 0 Å². The maximum absolute atomic E-state index is 4.06. The highest BCUT2D eigenvalue weighted by atomic mass is 14.7. The number of hydrogen-bond donors (Lipinski definition) is 0. The molecule has 1 rings (SSSR count). The predicted molar refractivity (Wildman–Crippen MR) is 49.7 cm³/mol. The molecule has 1 aliphatic carbocycles. The highest BCUT2D eigenvalue weighted by Gasteiger charge is 2.32. The van der Waals surface area contributed by atoms with Crippen LogP contribution in [-0.2, 0) is 0 Å². The Bertz CT molecular complexity index is 162. The molecule has 1 nitrogen and oxygen atoms in total. The molecule has 0 N–H and O–H groups in total. The molecule has 0 amide bonds. The van der Waals surface area contributed by atoms with Gasteiger partial charge in [0.15, 0.2) is 0 Å². The molecule has 0 aromatic carbocycles. The lowest BCUT2D eigenvalue weighted by molar-refractivity contribution is 0.148. The van der Waals surface area contributed by atoms with Gasteiger partial charge in [0, 0.05) is 12.4 Å². The van der Waals surface area contributed by atoms with Crippen LogP contribution in [0.3, 0.4) is 0 Å². The fraction of sp³-hybridized carbons (Fsp3) is 0.700.